The maximum Gasteiger partial charge on any atom is 0.383 e. The lowest BCUT2D eigenvalue weighted by Crippen LogP contribution is -2.09. The van der Waals surface area contributed by atoms with Gasteiger partial charge in [-0.05, 0) is 18.6 Å². The molecule has 0 saturated heterocycles. The molecule has 0 aliphatic carbocycles. The molecule has 0 unspecified atom stereocenters. The first-order valence-corrected chi connectivity index (χ1v) is 8.30. The Morgan fingerprint density at radius 2 is 1.96 bits per heavy atom. The highest BCUT2D eigenvalue weighted by atomic mass is 16.5. The van der Waals surface area contributed by atoms with Gasteiger partial charge in [-0.1, -0.05) is 32.3 Å². The molecule has 136 valence electrons. The number of aliphatic carboxylic acids is 1. The van der Waals surface area contributed by atoms with Crippen molar-refractivity contribution in [1.29, 1.82) is 0 Å². The van der Waals surface area contributed by atoms with Gasteiger partial charge >= 0.3 is 11.6 Å². The van der Waals surface area contributed by atoms with Gasteiger partial charge in [-0.2, -0.15) is 0 Å². The van der Waals surface area contributed by atoms with Crippen LogP contribution in [0.2, 0.25) is 0 Å². The third-order valence-electron chi connectivity index (χ3n) is 3.65. The number of carboxylic acid groups (broad SMARTS) is 1. The van der Waals surface area contributed by atoms with Crippen molar-refractivity contribution in [3.05, 3.63) is 28.6 Å². The van der Waals surface area contributed by atoms with Crippen LogP contribution in [0, 0.1) is 0 Å². The van der Waals surface area contributed by atoms with Crippen molar-refractivity contribution < 1.29 is 28.9 Å². The molecular weight excluding hydrogens is 328 g/mol. The predicted molar refractivity (Wildman–Crippen MR) is 91.5 cm³/mol. The summed E-state index contributed by atoms with van der Waals surface area (Å²) in [5.41, 5.74) is -0.614. The Hall–Kier alpha value is -2.70. The second-order valence-electron chi connectivity index (χ2n) is 5.60. The third-order valence-corrected chi connectivity index (χ3v) is 3.65. The summed E-state index contributed by atoms with van der Waals surface area (Å²) >= 11 is 0. The molecule has 7 heteroatoms. The molecule has 0 bridgehead atoms. The zero-order valence-corrected chi connectivity index (χ0v) is 14.1. The second-order valence-corrected chi connectivity index (χ2v) is 5.60. The number of carbonyl (C=O) groups is 1. The van der Waals surface area contributed by atoms with Gasteiger partial charge in [0.1, 0.15) is 16.7 Å². The van der Waals surface area contributed by atoms with Gasteiger partial charge < -0.3 is 24.1 Å². The van der Waals surface area contributed by atoms with Crippen LogP contribution < -0.4 is 15.1 Å². The van der Waals surface area contributed by atoms with Gasteiger partial charge in [0.25, 0.3) is 0 Å². The van der Waals surface area contributed by atoms with Crippen LogP contribution in [0.4, 0.5) is 0 Å². The van der Waals surface area contributed by atoms with Crippen LogP contribution in [0.3, 0.4) is 0 Å². The van der Waals surface area contributed by atoms with Crippen LogP contribution in [0.1, 0.15) is 39.0 Å². The average molecular weight is 350 g/mol. The topological polar surface area (TPSA) is 106 Å². The maximum atomic E-state index is 12.0. The van der Waals surface area contributed by atoms with Gasteiger partial charge in [-0.3, -0.25) is 4.79 Å². The van der Waals surface area contributed by atoms with Crippen molar-refractivity contribution in [2.75, 3.05) is 13.2 Å². The van der Waals surface area contributed by atoms with E-state index in [1.807, 2.05) is 0 Å². The number of benzene rings is 1. The van der Waals surface area contributed by atoms with Crippen LogP contribution in [-0.2, 0) is 4.79 Å². The molecule has 1 heterocycles. The molecule has 2 N–H and O–H groups in total. The monoisotopic (exact) mass is 350 g/mol. The molecule has 25 heavy (non-hydrogen) atoms. The van der Waals surface area contributed by atoms with Gasteiger partial charge in [0.2, 0.25) is 5.75 Å². The summed E-state index contributed by atoms with van der Waals surface area (Å²) in [5, 5.41) is 19.3. The minimum Gasteiger partial charge on any atom is -0.503 e. The van der Waals surface area contributed by atoms with Crippen LogP contribution in [0.15, 0.2) is 27.4 Å². The van der Waals surface area contributed by atoms with Crippen molar-refractivity contribution in [2.24, 2.45) is 0 Å². The fourth-order valence-electron chi connectivity index (χ4n) is 2.38. The number of hydrogen-bond donors (Lipinski definition) is 2. The number of rotatable bonds is 10. The van der Waals surface area contributed by atoms with Crippen molar-refractivity contribution >= 4 is 16.9 Å². The summed E-state index contributed by atoms with van der Waals surface area (Å²) in [5.74, 6) is -1.37. The highest BCUT2D eigenvalue weighted by molar-refractivity contribution is 5.91. The largest absolute Gasteiger partial charge is 0.503 e. The van der Waals surface area contributed by atoms with Gasteiger partial charge in [0, 0.05) is 0 Å². The molecule has 2 aromatic rings. The Kier molecular flexibility index (Phi) is 6.68. The molecule has 0 aliphatic heterocycles. The number of carboxylic acids is 1. The molecule has 0 atom stereocenters. The van der Waals surface area contributed by atoms with Crippen molar-refractivity contribution in [2.45, 2.75) is 39.0 Å². The minimum absolute atomic E-state index is 0.0692. The van der Waals surface area contributed by atoms with E-state index < -0.39 is 11.6 Å². The Morgan fingerprint density at radius 3 is 2.68 bits per heavy atom. The number of fused-ring (bicyclic) bond motifs is 1. The summed E-state index contributed by atoms with van der Waals surface area (Å²) < 4.78 is 16.0. The Bertz CT molecular complexity index is 779. The first-order valence-electron chi connectivity index (χ1n) is 8.30. The zero-order valence-electron chi connectivity index (χ0n) is 14.1. The summed E-state index contributed by atoms with van der Waals surface area (Å²) in [6, 6.07) is 4.67. The molecule has 1 aromatic heterocycles. The smallest absolute Gasteiger partial charge is 0.383 e. The molecule has 7 nitrogen and oxygen atoms in total. The minimum atomic E-state index is -0.993. The van der Waals surface area contributed by atoms with Gasteiger partial charge in [0.05, 0.1) is 19.6 Å². The van der Waals surface area contributed by atoms with E-state index in [0.717, 1.165) is 25.7 Å². The molecule has 0 radical (unpaired) electrons. The van der Waals surface area contributed by atoms with Gasteiger partial charge in [-0.25, -0.2) is 4.79 Å². The van der Waals surface area contributed by atoms with Crippen LogP contribution in [-0.4, -0.2) is 29.4 Å². The highest BCUT2D eigenvalue weighted by Crippen LogP contribution is 2.37. The van der Waals surface area contributed by atoms with E-state index in [4.69, 9.17) is 19.0 Å². The first-order chi connectivity index (χ1) is 12.0. The van der Waals surface area contributed by atoms with Crippen molar-refractivity contribution in [3.8, 4) is 17.2 Å². The SMILES string of the molecule is CCCCCCOc1c(O)c2c(OCCC(=O)O)cccc2oc1=O. The van der Waals surface area contributed by atoms with E-state index in [-0.39, 0.29) is 41.2 Å². The van der Waals surface area contributed by atoms with E-state index >= 15 is 0 Å². The molecule has 0 aliphatic rings. The molecule has 0 fully saturated rings. The molecule has 0 spiro atoms. The normalized spacial score (nSPS) is 10.8. The summed E-state index contributed by atoms with van der Waals surface area (Å²) in [6.45, 7) is 2.32. The molecule has 0 saturated carbocycles. The predicted octanol–water partition coefficient (Wildman–Crippen LogP) is 3.31. The Balaban J connectivity index is 2.24. The number of aromatic hydroxyl groups is 1. The van der Waals surface area contributed by atoms with Crippen molar-refractivity contribution in [3.63, 3.8) is 0 Å². The average Bonchev–Trinajstić information content (AvgIpc) is 2.56. The van der Waals surface area contributed by atoms with Crippen molar-refractivity contribution in [1.82, 2.24) is 0 Å². The summed E-state index contributed by atoms with van der Waals surface area (Å²) in [7, 11) is 0. The van der Waals surface area contributed by atoms with Crippen LogP contribution in [0.5, 0.6) is 17.2 Å². The van der Waals surface area contributed by atoms with E-state index in [0.29, 0.717) is 6.61 Å². The standard InChI is InChI=1S/C18H22O7/c1-2-3-4-5-10-24-17-16(21)15-12(23-11-9-14(19)20)7-6-8-13(15)25-18(17)22/h6-8,21H,2-5,9-11H2,1H3,(H,19,20). The van der Waals surface area contributed by atoms with E-state index in [2.05, 4.69) is 6.92 Å². The van der Waals surface area contributed by atoms with Crippen LogP contribution in [0.25, 0.3) is 11.0 Å². The lowest BCUT2D eigenvalue weighted by atomic mass is 10.2. The lowest BCUT2D eigenvalue weighted by Gasteiger charge is -2.12. The number of unbranched alkanes of at least 4 members (excludes halogenated alkanes) is 3. The fourth-order valence-corrected chi connectivity index (χ4v) is 2.38. The van der Waals surface area contributed by atoms with Crippen LogP contribution >= 0.6 is 0 Å². The first kappa shape index (κ1) is 18.6. The molecule has 0 amide bonds. The summed E-state index contributed by atoms with van der Waals surface area (Å²) in [6.07, 6.45) is 3.71. The third kappa shape index (κ3) is 4.89. The molecule has 1 aromatic carbocycles. The maximum absolute atomic E-state index is 12.0. The van der Waals surface area contributed by atoms with E-state index in [1.165, 1.54) is 6.07 Å². The van der Waals surface area contributed by atoms with Gasteiger partial charge in [0.15, 0.2) is 5.75 Å². The highest BCUT2D eigenvalue weighted by Gasteiger charge is 2.19. The second kappa shape index (κ2) is 8.96. The number of ether oxygens (including phenoxy) is 2. The lowest BCUT2D eigenvalue weighted by molar-refractivity contribution is -0.137. The van der Waals surface area contributed by atoms with E-state index in [9.17, 15) is 14.7 Å². The quantitative estimate of drug-likeness (QED) is 0.500. The molecular formula is C18H22O7. The van der Waals surface area contributed by atoms with Gasteiger partial charge in [-0.15, -0.1) is 0 Å². The summed E-state index contributed by atoms with van der Waals surface area (Å²) in [4.78, 5) is 22.6. The zero-order chi connectivity index (χ0) is 18.2. The Morgan fingerprint density at radius 1 is 1.16 bits per heavy atom. The Labute approximate surface area is 144 Å². The number of hydrogen-bond acceptors (Lipinski definition) is 6. The fraction of sp³-hybridized carbons (Fsp3) is 0.444. The molecule has 2 rings (SSSR count). The van der Waals surface area contributed by atoms with E-state index in [1.54, 1.807) is 12.1 Å².